The number of halogens is 1. The third kappa shape index (κ3) is 7.59. The topological polar surface area (TPSA) is 73.9 Å². The third-order valence-corrected chi connectivity index (χ3v) is 4.57. The highest BCUT2D eigenvalue weighted by Gasteiger charge is 2.26. The van der Waals surface area contributed by atoms with Crippen LogP contribution in [0.4, 0.5) is 9.18 Å². The number of benzene rings is 2. The molecule has 2 rings (SSSR count). The van der Waals surface area contributed by atoms with Gasteiger partial charge in [0.2, 0.25) is 0 Å². The standard InChI is InChI=1S/C24H30FNO5/c1-15-11-19(30-14-17-7-9-18(25)10-8-17)12-16(2)20(15)13-21(22(27)29-6)26-23(28)31-24(3,4)5/h7-12,21H,13-14H2,1-6H3,(H,26,28). The number of aryl methyl sites for hydroxylation is 2. The quantitative estimate of drug-likeness (QED) is 0.647. The summed E-state index contributed by atoms with van der Waals surface area (Å²) in [7, 11) is 1.28. The maximum Gasteiger partial charge on any atom is 0.408 e. The van der Waals surface area contributed by atoms with Crippen molar-refractivity contribution in [2.75, 3.05) is 7.11 Å². The van der Waals surface area contributed by atoms with Gasteiger partial charge < -0.3 is 19.5 Å². The van der Waals surface area contributed by atoms with E-state index < -0.39 is 23.7 Å². The Balaban J connectivity index is 2.13. The van der Waals surface area contributed by atoms with E-state index in [1.54, 1.807) is 32.9 Å². The molecule has 0 heterocycles. The summed E-state index contributed by atoms with van der Waals surface area (Å²) >= 11 is 0. The van der Waals surface area contributed by atoms with Crippen LogP contribution in [0.1, 0.15) is 43.0 Å². The molecule has 2 aromatic rings. The Bertz CT molecular complexity index is 896. The van der Waals surface area contributed by atoms with E-state index in [1.165, 1.54) is 19.2 Å². The summed E-state index contributed by atoms with van der Waals surface area (Å²) in [4.78, 5) is 24.4. The average Bonchev–Trinajstić information content (AvgIpc) is 2.67. The predicted octanol–water partition coefficient (Wildman–Crippen LogP) is 4.63. The van der Waals surface area contributed by atoms with Gasteiger partial charge in [-0.3, -0.25) is 0 Å². The highest BCUT2D eigenvalue weighted by Crippen LogP contribution is 2.24. The van der Waals surface area contributed by atoms with Crippen LogP contribution in [0.5, 0.6) is 5.75 Å². The van der Waals surface area contributed by atoms with Crippen molar-refractivity contribution in [2.24, 2.45) is 0 Å². The second-order valence-electron chi connectivity index (χ2n) is 8.38. The van der Waals surface area contributed by atoms with Crippen LogP contribution in [0.15, 0.2) is 36.4 Å². The molecule has 1 amide bonds. The number of nitrogens with one attached hydrogen (secondary N) is 1. The number of alkyl carbamates (subject to hydrolysis) is 1. The zero-order chi connectivity index (χ0) is 23.2. The highest BCUT2D eigenvalue weighted by atomic mass is 19.1. The number of hydrogen-bond donors (Lipinski definition) is 1. The Morgan fingerprint density at radius 3 is 2.16 bits per heavy atom. The molecule has 7 heteroatoms. The second kappa shape index (κ2) is 10.3. The molecule has 2 aromatic carbocycles. The Labute approximate surface area is 182 Å². The van der Waals surface area contributed by atoms with Gasteiger partial charge in [-0.1, -0.05) is 12.1 Å². The van der Waals surface area contributed by atoms with Crippen molar-refractivity contribution in [2.45, 2.75) is 59.3 Å². The first-order valence-corrected chi connectivity index (χ1v) is 10.0. The van der Waals surface area contributed by atoms with Crippen LogP contribution in [0, 0.1) is 19.7 Å². The molecule has 0 bridgehead atoms. The summed E-state index contributed by atoms with van der Waals surface area (Å²) in [5, 5.41) is 2.60. The molecule has 1 N–H and O–H groups in total. The molecule has 168 valence electrons. The summed E-state index contributed by atoms with van der Waals surface area (Å²) < 4.78 is 29.0. The first-order chi connectivity index (χ1) is 14.5. The lowest BCUT2D eigenvalue weighted by molar-refractivity contribution is -0.143. The molecule has 6 nitrogen and oxygen atoms in total. The number of carbonyl (C=O) groups excluding carboxylic acids is 2. The van der Waals surface area contributed by atoms with Gasteiger partial charge in [0.1, 0.15) is 29.8 Å². The molecule has 0 spiro atoms. The van der Waals surface area contributed by atoms with Gasteiger partial charge in [0.15, 0.2) is 0 Å². The largest absolute Gasteiger partial charge is 0.489 e. The maximum absolute atomic E-state index is 13.0. The SMILES string of the molecule is COC(=O)C(Cc1c(C)cc(OCc2ccc(F)cc2)cc1C)NC(=O)OC(C)(C)C. The minimum Gasteiger partial charge on any atom is -0.489 e. The minimum absolute atomic E-state index is 0.252. The van der Waals surface area contributed by atoms with Crippen LogP contribution in [0.3, 0.4) is 0 Å². The van der Waals surface area contributed by atoms with Crippen LogP contribution in [-0.4, -0.2) is 30.8 Å². The summed E-state index contributed by atoms with van der Waals surface area (Å²) in [6.45, 7) is 9.38. The van der Waals surface area contributed by atoms with Gasteiger partial charge in [0, 0.05) is 6.42 Å². The Morgan fingerprint density at radius 2 is 1.65 bits per heavy atom. The summed E-state index contributed by atoms with van der Waals surface area (Å²) in [5.41, 5.74) is 2.90. The van der Waals surface area contributed by atoms with Crippen molar-refractivity contribution in [3.05, 3.63) is 64.5 Å². The number of methoxy groups -OCH3 is 1. The first-order valence-electron chi connectivity index (χ1n) is 10.0. The van der Waals surface area contributed by atoms with Crippen molar-refractivity contribution >= 4 is 12.1 Å². The number of amides is 1. The zero-order valence-electron chi connectivity index (χ0n) is 18.9. The van der Waals surface area contributed by atoms with Gasteiger partial charge >= 0.3 is 12.1 Å². The average molecular weight is 432 g/mol. The van der Waals surface area contributed by atoms with Crippen molar-refractivity contribution in [3.8, 4) is 5.75 Å². The first kappa shape index (κ1) is 24.2. The summed E-state index contributed by atoms with van der Waals surface area (Å²) in [6.07, 6.45) is -0.431. The monoisotopic (exact) mass is 431 g/mol. The van der Waals surface area contributed by atoms with E-state index in [9.17, 15) is 14.0 Å². The molecule has 0 saturated heterocycles. The van der Waals surface area contributed by atoms with Gasteiger partial charge in [0.05, 0.1) is 7.11 Å². The predicted molar refractivity (Wildman–Crippen MR) is 116 cm³/mol. The van der Waals surface area contributed by atoms with Crippen molar-refractivity contribution in [3.63, 3.8) is 0 Å². The smallest absolute Gasteiger partial charge is 0.408 e. The van der Waals surface area contributed by atoms with Gasteiger partial charge in [-0.05, 0) is 81.1 Å². The zero-order valence-corrected chi connectivity index (χ0v) is 18.9. The molecule has 0 aliphatic heterocycles. The minimum atomic E-state index is -0.886. The lowest BCUT2D eigenvalue weighted by Crippen LogP contribution is -2.45. The number of rotatable bonds is 7. The maximum atomic E-state index is 13.0. The van der Waals surface area contributed by atoms with E-state index in [4.69, 9.17) is 14.2 Å². The number of ether oxygens (including phenoxy) is 3. The van der Waals surface area contributed by atoms with Crippen molar-refractivity contribution in [1.82, 2.24) is 5.32 Å². The molecule has 0 fully saturated rings. The number of carbonyl (C=O) groups is 2. The molecule has 31 heavy (non-hydrogen) atoms. The van der Waals surface area contributed by atoms with Gasteiger partial charge in [0.25, 0.3) is 0 Å². The van der Waals surface area contributed by atoms with Crippen LogP contribution >= 0.6 is 0 Å². The molecule has 0 saturated carbocycles. The van der Waals surface area contributed by atoms with E-state index in [-0.39, 0.29) is 12.2 Å². The fraction of sp³-hybridized carbons (Fsp3) is 0.417. The fourth-order valence-electron chi connectivity index (χ4n) is 3.10. The highest BCUT2D eigenvalue weighted by molar-refractivity contribution is 5.81. The van der Waals surface area contributed by atoms with Gasteiger partial charge in [-0.2, -0.15) is 0 Å². The van der Waals surface area contributed by atoms with Crippen LogP contribution in [-0.2, 0) is 27.3 Å². The summed E-state index contributed by atoms with van der Waals surface area (Å²) in [6, 6.07) is 8.98. The van der Waals surface area contributed by atoms with Crippen molar-refractivity contribution in [1.29, 1.82) is 0 Å². The second-order valence-corrected chi connectivity index (χ2v) is 8.38. The number of hydrogen-bond acceptors (Lipinski definition) is 5. The number of esters is 1. The van der Waals surface area contributed by atoms with Crippen molar-refractivity contribution < 1.29 is 28.2 Å². The van der Waals surface area contributed by atoms with E-state index in [2.05, 4.69) is 5.32 Å². The Kier molecular flexibility index (Phi) is 8.02. The van der Waals surface area contributed by atoms with E-state index in [0.717, 1.165) is 22.3 Å². The fourth-order valence-corrected chi connectivity index (χ4v) is 3.10. The third-order valence-electron chi connectivity index (χ3n) is 4.57. The van der Waals surface area contributed by atoms with E-state index in [0.29, 0.717) is 12.4 Å². The molecule has 0 aromatic heterocycles. The lowest BCUT2D eigenvalue weighted by atomic mass is 9.96. The molecular formula is C24H30FNO5. The molecule has 1 atom stereocenters. The molecule has 0 aliphatic rings. The van der Waals surface area contributed by atoms with Gasteiger partial charge in [-0.25, -0.2) is 14.0 Å². The molecule has 1 unspecified atom stereocenters. The molecule has 0 aliphatic carbocycles. The van der Waals surface area contributed by atoms with E-state index >= 15 is 0 Å². The van der Waals surface area contributed by atoms with E-state index in [1.807, 2.05) is 26.0 Å². The van der Waals surface area contributed by atoms with Crippen LogP contribution in [0.2, 0.25) is 0 Å². The van der Waals surface area contributed by atoms with Crippen LogP contribution in [0.25, 0.3) is 0 Å². The molecule has 0 radical (unpaired) electrons. The Hall–Kier alpha value is -3.09. The Morgan fingerprint density at radius 1 is 1.06 bits per heavy atom. The lowest BCUT2D eigenvalue weighted by Gasteiger charge is -2.23. The normalized spacial score (nSPS) is 12.1. The van der Waals surface area contributed by atoms with Crippen LogP contribution < -0.4 is 10.1 Å². The molecular weight excluding hydrogens is 401 g/mol. The van der Waals surface area contributed by atoms with Gasteiger partial charge in [-0.15, -0.1) is 0 Å². The summed E-state index contributed by atoms with van der Waals surface area (Å²) in [5.74, 6) is -0.181.